The van der Waals surface area contributed by atoms with Crippen LogP contribution in [0.1, 0.15) is 19.3 Å². The summed E-state index contributed by atoms with van der Waals surface area (Å²) in [5.41, 5.74) is 0. The minimum absolute atomic E-state index is 0. The summed E-state index contributed by atoms with van der Waals surface area (Å²) >= 11 is 0. The quantitative estimate of drug-likeness (QED) is 0.647. The van der Waals surface area contributed by atoms with E-state index in [0.29, 0.717) is 6.54 Å². The summed E-state index contributed by atoms with van der Waals surface area (Å²) in [5.74, 6) is -0.215. The summed E-state index contributed by atoms with van der Waals surface area (Å²) in [7, 11) is 0. The second kappa shape index (κ2) is 7.42. The number of nitrogens with zero attached hydrogens (tertiary/aromatic N) is 4. The zero-order valence-corrected chi connectivity index (χ0v) is 11.5. The van der Waals surface area contributed by atoms with Crippen LogP contribution >= 0.6 is 12.4 Å². The molecule has 0 radical (unpaired) electrons. The standard InChI is InChI=1S/C11H18N4O3.ClH/c16-10(8-13-5-2-1-3-6-13)9-14-7-4-12-11(14)15(17)18;/h4,7,10,16H,1-3,5-6,8-9H2;1H. The van der Waals surface area contributed by atoms with Gasteiger partial charge in [0, 0.05) is 6.54 Å². The zero-order chi connectivity index (χ0) is 13.0. The molecule has 1 aliphatic rings. The molecular formula is C11H19ClN4O3. The van der Waals surface area contributed by atoms with Crippen LogP contribution < -0.4 is 0 Å². The summed E-state index contributed by atoms with van der Waals surface area (Å²) in [5, 5.41) is 20.7. The van der Waals surface area contributed by atoms with Gasteiger partial charge in [-0.3, -0.25) is 0 Å². The monoisotopic (exact) mass is 290 g/mol. The van der Waals surface area contributed by atoms with Gasteiger partial charge in [-0.25, -0.2) is 4.57 Å². The number of aliphatic hydroxyl groups is 1. The first kappa shape index (κ1) is 15.9. The van der Waals surface area contributed by atoms with Crippen molar-refractivity contribution in [3.8, 4) is 0 Å². The number of rotatable bonds is 5. The first-order valence-electron chi connectivity index (χ1n) is 6.23. The van der Waals surface area contributed by atoms with Crippen molar-refractivity contribution in [1.82, 2.24) is 14.5 Å². The van der Waals surface area contributed by atoms with E-state index in [1.807, 2.05) is 0 Å². The average Bonchev–Trinajstić information content (AvgIpc) is 2.78. The highest BCUT2D eigenvalue weighted by Gasteiger charge is 2.20. The molecule has 1 aromatic rings. The fourth-order valence-corrected chi connectivity index (χ4v) is 2.34. The van der Waals surface area contributed by atoms with Gasteiger partial charge in [0.15, 0.2) is 0 Å². The molecule has 0 aliphatic carbocycles. The molecule has 19 heavy (non-hydrogen) atoms. The number of aliphatic hydroxyl groups excluding tert-OH is 1. The predicted octanol–water partition coefficient (Wildman–Crippen LogP) is 1.06. The number of hydrogen-bond donors (Lipinski definition) is 1. The Bertz CT molecular complexity index is 406. The van der Waals surface area contributed by atoms with Crippen molar-refractivity contribution in [2.45, 2.75) is 31.9 Å². The van der Waals surface area contributed by atoms with E-state index in [1.54, 1.807) is 0 Å². The molecule has 1 saturated heterocycles. The highest BCUT2D eigenvalue weighted by atomic mass is 35.5. The summed E-state index contributed by atoms with van der Waals surface area (Å²) in [6.07, 6.45) is 5.88. The van der Waals surface area contributed by atoms with Crippen molar-refractivity contribution in [1.29, 1.82) is 0 Å². The van der Waals surface area contributed by atoms with Gasteiger partial charge in [0.1, 0.15) is 12.4 Å². The zero-order valence-electron chi connectivity index (χ0n) is 10.6. The number of β-amino-alcohol motifs (C(OH)–C–C–N with tert-alkyl or cyclic N) is 1. The van der Waals surface area contributed by atoms with Gasteiger partial charge in [0.25, 0.3) is 0 Å². The fraction of sp³-hybridized carbons (Fsp3) is 0.727. The number of hydrogen-bond acceptors (Lipinski definition) is 5. The van der Waals surface area contributed by atoms with Crippen LogP contribution in [0.3, 0.4) is 0 Å². The van der Waals surface area contributed by atoms with Gasteiger partial charge < -0.3 is 20.1 Å². The largest absolute Gasteiger partial charge is 0.434 e. The highest BCUT2D eigenvalue weighted by molar-refractivity contribution is 5.85. The molecular weight excluding hydrogens is 272 g/mol. The van der Waals surface area contributed by atoms with E-state index in [4.69, 9.17) is 0 Å². The Morgan fingerprint density at radius 2 is 2.05 bits per heavy atom. The molecule has 0 amide bonds. The van der Waals surface area contributed by atoms with Crippen LogP contribution in [0.2, 0.25) is 0 Å². The van der Waals surface area contributed by atoms with Gasteiger partial charge >= 0.3 is 5.95 Å². The number of halogens is 1. The lowest BCUT2D eigenvalue weighted by molar-refractivity contribution is -0.397. The number of nitro groups is 1. The van der Waals surface area contributed by atoms with Crippen LogP contribution in [0, 0.1) is 10.1 Å². The predicted molar refractivity (Wildman–Crippen MR) is 72.4 cm³/mol. The smallest absolute Gasteiger partial charge is 0.390 e. The molecule has 108 valence electrons. The molecule has 1 aliphatic heterocycles. The van der Waals surface area contributed by atoms with Gasteiger partial charge in [-0.15, -0.1) is 12.4 Å². The number of imidazole rings is 1. The van der Waals surface area contributed by atoms with Gasteiger partial charge in [-0.1, -0.05) is 11.4 Å². The second-order valence-corrected chi connectivity index (χ2v) is 4.65. The molecule has 8 heteroatoms. The number of piperidine rings is 1. The van der Waals surface area contributed by atoms with Gasteiger partial charge in [0.05, 0.1) is 12.6 Å². The van der Waals surface area contributed by atoms with Crippen LogP contribution in [0.15, 0.2) is 12.4 Å². The molecule has 1 fully saturated rings. The summed E-state index contributed by atoms with van der Waals surface area (Å²) < 4.78 is 1.38. The van der Waals surface area contributed by atoms with Gasteiger partial charge in [0.2, 0.25) is 0 Å². The number of aromatic nitrogens is 2. The lowest BCUT2D eigenvalue weighted by Gasteiger charge is -2.28. The van der Waals surface area contributed by atoms with E-state index in [1.165, 1.54) is 23.4 Å². The van der Waals surface area contributed by atoms with Crippen LogP contribution in [-0.2, 0) is 6.54 Å². The average molecular weight is 291 g/mol. The summed E-state index contributed by atoms with van der Waals surface area (Å²) in [6, 6.07) is 0. The van der Waals surface area contributed by atoms with E-state index in [0.717, 1.165) is 25.9 Å². The van der Waals surface area contributed by atoms with Crippen molar-refractivity contribution in [2.24, 2.45) is 0 Å². The molecule has 0 bridgehead atoms. The van der Waals surface area contributed by atoms with Gasteiger partial charge in [-0.05, 0) is 30.9 Å². The third-order valence-corrected chi connectivity index (χ3v) is 3.18. The topological polar surface area (TPSA) is 84.4 Å². The van der Waals surface area contributed by atoms with Crippen molar-refractivity contribution < 1.29 is 10.0 Å². The number of likely N-dealkylation sites (tertiary alicyclic amines) is 1. The van der Waals surface area contributed by atoms with Crippen LogP contribution in [0.5, 0.6) is 0 Å². The van der Waals surface area contributed by atoms with Crippen molar-refractivity contribution >= 4 is 18.4 Å². The molecule has 1 N–H and O–H groups in total. The summed E-state index contributed by atoms with van der Waals surface area (Å²) in [6.45, 7) is 2.79. The van der Waals surface area contributed by atoms with E-state index in [-0.39, 0.29) is 24.9 Å². The molecule has 2 heterocycles. The summed E-state index contributed by atoms with van der Waals surface area (Å²) in [4.78, 5) is 16.0. The molecule has 0 spiro atoms. The normalized spacial score (nSPS) is 17.7. The fourth-order valence-electron chi connectivity index (χ4n) is 2.34. The van der Waals surface area contributed by atoms with Crippen LogP contribution in [-0.4, -0.2) is 50.2 Å². The van der Waals surface area contributed by atoms with Crippen LogP contribution in [0.25, 0.3) is 0 Å². The third-order valence-electron chi connectivity index (χ3n) is 3.18. The second-order valence-electron chi connectivity index (χ2n) is 4.65. The minimum Gasteiger partial charge on any atom is -0.390 e. The Morgan fingerprint density at radius 1 is 1.37 bits per heavy atom. The first-order valence-corrected chi connectivity index (χ1v) is 6.23. The molecule has 1 unspecified atom stereocenters. The Hall–Kier alpha value is -1.18. The maximum Gasteiger partial charge on any atom is 0.434 e. The Labute approximate surface area is 117 Å². The molecule has 1 aromatic heterocycles. The maximum atomic E-state index is 10.7. The Morgan fingerprint density at radius 3 is 2.68 bits per heavy atom. The lowest BCUT2D eigenvalue weighted by atomic mass is 10.1. The van der Waals surface area contributed by atoms with E-state index < -0.39 is 11.0 Å². The van der Waals surface area contributed by atoms with Crippen molar-refractivity contribution in [3.05, 3.63) is 22.5 Å². The van der Waals surface area contributed by atoms with Crippen molar-refractivity contribution in [2.75, 3.05) is 19.6 Å². The van der Waals surface area contributed by atoms with Crippen molar-refractivity contribution in [3.63, 3.8) is 0 Å². The first-order chi connectivity index (χ1) is 8.66. The molecule has 7 nitrogen and oxygen atoms in total. The molecule has 1 atom stereocenters. The SMILES string of the molecule is Cl.O=[N+]([O-])c1nccn1CC(O)CN1CCCCC1. The van der Waals surface area contributed by atoms with Gasteiger partial charge in [-0.2, -0.15) is 0 Å². The Kier molecular flexibility index (Phi) is 6.20. The molecule has 0 aromatic carbocycles. The Balaban J connectivity index is 0.00000180. The molecule has 2 rings (SSSR count). The maximum absolute atomic E-state index is 10.7. The minimum atomic E-state index is -0.601. The van der Waals surface area contributed by atoms with Crippen LogP contribution in [0.4, 0.5) is 5.95 Å². The van der Waals surface area contributed by atoms with E-state index in [9.17, 15) is 15.2 Å². The van der Waals surface area contributed by atoms with E-state index >= 15 is 0 Å². The molecule has 0 saturated carbocycles. The van der Waals surface area contributed by atoms with E-state index in [2.05, 4.69) is 9.88 Å². The highest BCUT2D eigenvalue weighted by Crippen LogP contribution is 2.12. The lowest BCUT2D eigenvalue weighted by Crippen LogP contribution is -2.38. The third kappa shape index (κ3) is 4.45.